The summed E-state index contributed by atoms with van der Waals surface area (Å²) in [5, 5.41) is 0. The van der Waals surface area contributed by atoms with Gasteiger partial charge in [-0.3, -0.25) is 4.98 Å². The maximum Gasteiger partial charge on any atom is 0.0302 e. The summed E-state index contributed by atoms with van der Waals surface area (Å²) in [5.74, 6) is 1.65. The second-order valence-corrected chi connectivity index (χ2v) is 4.06. The molecule has 1 aliphatic rings. The first-order chi connectivity index (χ1) is 5.77. The number of hydrogen-bond acceptors (Lipinski definition) is 1. The van der Waals surface area contributed by atoms with Gasteiger partial charge in [-0.05, 0) is 41.9 Å². The molecular weight excluding hydrogens is 146 g/mol. The van der Waals surface area contributed by atoms with Crippen LogP contribution in [-0.4, -0.2) is 4.98 Å². The van der Waals surface area contributed by atoms with Gasteiger partial charge in [0.15, 0.2) is 0 Å². The van der Waals surface area contributed by atoms with Crippen LogP contribution < -0.4 is 0 Å². The summed E-state index contributed by atoms with van der Waals surface area (Å²) >= 11 is 0. The van der Waals surface area contributed by atoms with E-state index in [1.165, 1.54) is 24.0 Å². The molecule has 0 aliphatic heterocycles. The molecular formula is C11H15N. The maximum atomic E-state index is 4.15. The fourth-order valence-electron chi connectivity index (χ4n) is 1.95. The van der Waals surface area contributed by atoms with Gasteiger partial charge in [0, 0.05) is 12.4 Å². The van der Waals surface area contributed by atoms with Crippen LogP contribution in [0.1, 0.15) is 25.0 Å². The van der Waals surface area contributed by atoms with E-state index in [1.807, 2.05) is 12.4 Å². The van der Waals surface area contributed by atoms with E-state index < -0.39 is 0 Å². The first-order valence-electron chi connectivity index (χ1n) is 4.69. The molecule has 1 nitrogen and oxygen atoms in total. The Morgan fingerprint density at radius 3 is 2.75 bits per heavy atom. The van der Waals surface area contributed by atoms with Gasteiger partial charge in [-0.1, -0.05) is 13.8 Å². The van der Waals surface area contributed by atoms with Gasteiger partial charge in [0.1, 0.15) is 0 Å². The van der Waals surface area contributed by atoms with Crippen molar-refractivity contribution in [2.24, 2.45) is 11.8 Å². The third-order valence-corrected chi connectivity index (χ3v) is 2.91. The van der Waals surface area contributed by atoms with Crippen molar-refractivity contribution in [3.05, 3.63) is 29.6 Å². The first-order valence-corrected chi connectivity index (χ1v) is 4.69. The van der Waals surface area contributed by atoms with E-state index in [4.69, 9.17) is 0 Å². The molecule has 2 rings (SSSR count). The lowest BCUT2D eigenvalue weighted by molar-refractivity contribution is 0.404. The lowest BCUT2D eigenvalue weighted by Crippen LogP contribution is -2.07. The van der Waals surface area contributed by atoms with Crippen LogP contribution in [0.25, 0.3) is 0 Å². The van der Waals surface area contributed by atoms with Crippen molar-refractivity contribution in [1.29, 1.82) is 0 Å². The Hall–Kier alpha value is -0.850. The Morgan fingerprint density at radius 1 is 1.33 bits per heavy atom. The lowest BCUT2D eigenvalue weighted by Gasteiger charge is -2.12. The molecule has 1 heteroatoms. The van der Waals surface area contributed by atoms with Crippen molar-refractivity contribution < 1.29 is 0 Å². The predicted molar refractivity (Wildman–Crippen MR) is 50.0 cm³/mol. The minimum Gasteiger partial charge on any atom is -0.264 e. The Balaban J connectivity index is 2.22. The van der Waals surface area contributed by atoms with Crippen molar-refractivity contribution in [1.82, 2.24) is 4.98 Å². The molecule has 64 valence electrons. The Bertz CT molecular complexity index is 253. The number of rotatable bonds is 1. The van der Waals surface area contributed by atoms with E-state index in [0.29, 0.717) is 0 Å². The summed E-state index contributed by atoms with van der Waals surface area (Å²) in [4.78, 5) is 4.15. The summed E-state index contributed by atoms with van der Waals surface area (Å²) in [6.45, 7) is 4.62. The summed E-state index contributed by atoms with van der Waals surface area (Å²) in [6.07, 6.45) is 6.43. The van der Waals surface area contributed by atoms with Crippen LogP contribution in [-0.2, 0) is 12.8 Å². The summed E-state index contributed by atoms with van der Waals surface area (Å²) in [6, 6.07) is 2.16. The molecule has 0 N–H and O–H groups in total. The molecule has 0 saturated carbocycles. The Kier molecular flexibility index (Phi) is 1.87. The smallest absolute Gasteiger partial charge is 0.0302 e. The standard InChI is InChI=1S/C11H15N/c1-8(2)10-5-9-3-4-12-7-11(9)6-10/h3-4,7-8,10H,5-6H2,1-2H3. The molecule has 0 spiro atoms. The van der Waals surface area contributed by atoms with Gasteiger partial charge >= 0.3 is 0 Å². The highest BCUT2D eigenvalue weighted by atomic mass is 14.6. The van der Waals surface area contributed by atoms with Crippen LogP contribution in [0.4, 0.5) is 0 Å². The first kappa shape index (κ1) is 7.78. The second kappa shape index (κ2) is 2.89. The van der Waals surface area contributed by atoms with Crippen molar-refractivity contribution in [2.45, 2.75) is 26.7 Å². The van der Waals surface area contributed by atoms with Crippen LogP contribution in [0.5, 0.6) is 0 Å². The SMILES string of the molecule is CC(C)C1Cc2ccncc2C1. The third kappa shape index (κ3) is 1.24. The van der Waals surface area contributed by atoms with Gasteiger partial charge in [0.05, 0.1) is 0 Å². The maximum absolute atomic E-state index is 4.15. The number of nitrogens with zero attached hydrogens (tertiary/aromatic N) is 1. The van der Waals surface area contributed by atoms with E-state index >= 15 is 0 Å². The number of fused-ring (bicyclic) bond motifs is 1. The quantitative estimate of drug-likeness (QED) is 0.616. The molecule has 12 heavy (non-hydrogen) atoms. The molecule has 0 amide bonds. The molecule has 1 aliphatic carbocycles. The minimum atomic E-state index is 0.803. The molecule has 0 aromatic carbocycles. The third-order valence-electron chi connectivity index (χ3n) is 2.91. The zero-order valence-corrected chi connectivity index (χ0v) is 7.75. The Labute approximate surface area is 73.8 Å². The zero-order chi connectivity index (χ0) is 8.55. The van der Waals surface area contributed by atoms with Gasteiger partial charge in [0.2, 0.25) is 0 Å². The van der Waals surface area contributed by atoms with Crippen molar-refractivity contribution in [3.8, 4) is 0 Å². The summed E-state index contributed by atoms with van der Waals surface area (Å²) in [7, 11) is 0. The van der Waals surface area contributed by atoms with E-state index in [9.17, 15) is 0 Å². The fraction of sp³-hybridized carbons (Fsp3) is 0.545. The highest BCUT2D eigenvalue weighted by Gasteiger charge is 2.23. The molecule has 1 aromatic heterocycles. The van der Waals surface area contributed by atoms with Crippen LogP contribution >= 0.6 is 0 Å². The van der Waals surface area contributed by atoms with Gasteiger partial charge in [-0.15, -0.1) is 0 Å². The van der Waals surface area contributed by atoms with E-state index in [2.05, 4.69) is 24.9 Å². The van der Waals surface area contributed by atoms with Crippen LogP contribution in [0.15, 0.2) is 18.5 Å². The minimum absolute atomic E-state index is 0.803. The fourth-order valence-corrected chi connectivity index (χ4v) is 1.95. The summed E-state index contributed by atoms with van der Waals surface area (Å²) < 4.78 is 0. The van der Waals surface area contributed by atoms with E-state index in [-0.39, 0.29) is 0 Å². The largest absolute Gasteiger partial charge is 0.264 e. The highest BCUT2D eigenvalue weighted by Crippen LogP contribution is 2.30. The predicted octanol–water partition coefficient (Wildman–Crippen LogP) is 2.45. The van der Waals surface area contributed by atoms with Crippen LogP contribution in [0.2, 0.25) is 0 Å². The monoisotopic (exact) mass is 161 g/mol. The average molecular weight is 161 g/mol. The molecule has 1 atom stereocenters. The lowest BCUT2D eigenvalue weighted by atomic mass is 9.93. The highest BCUT2D eigenvalue weighted by molar-refractivity contribution is 5.29. The molecule has 0 fully saturated rings. The normalized spacial score (nSPS) is 21.4. The van der Waals surface area contributed by atoms with Crippen LogP contribution in [0, 0.1) is 11.8 Å². The molecule has 1 unspecified atom stereocenters. The van der Waals surface area contributed by atoms with Gasteiger partial charge in [-0.25, -0.2) is 0 Å². The molecule has 0 bridgehead atoms. The second-order valence-electron chi connectivity index (χ2n) is 4.06. The van der Waals surface area contributed by atoms with E-state index in [1.54, 1.807) is 0 Å². The molecule has 0 saturated heterocycles. The van der Waals surface area contributed by atoms with Crippen molar-refractivity contribution in [2.75, 3.05) is 0 Å². The van der Waals surface area contributed by atoms with Crippen molar-refractivity contribution in [3.63, 3.8) is 0 Å². The molecule has 1 aromatic rings. The van der Waals surface area contributed by atoms with Crippen LogP contribution in [0.3, 0.4) is 0 Å². The van der Waals surface area contributed by atoms with Gasteiger partial charge in [-0.2, -0.15) is 0 Å². The van der Waals surface area contributed by atoms with Gasteiger partial charge < -0.3 is 0 Å². The number of pyridine rings is 1. The van der Waals surface area contributed by atoms with Gasteiger partial charge in [0.25, 0.3) is 0 Å². The van der Waals surface area contributed by atoms with Crippen molar-refractivity contribution >= 4 is 0 Å². The zero-order valence-electron chi connectivity index (χ0n) is 7.75. The number of hydrogen-bond donors (Lipinski definition) is 0. The molecule has 1 heterocycles. The summed E-state index contributed by atoms with van der Waals surface area (Å²) in [5.41, 5.74) is 2.99. The topological polar surface area (TPSA) is 12.9 Å². The molecule has 0 radical (unpaired) electrons. The Morgan fingerprint density at radius 2 is 2.08 bits per heavy atom. The average Bonchev–Trinajstić information content (AvgIpc) is 2.46. The number of aromatic nitrogens is 1. The van der Waals surface area contributed by atoms with E-state index in [0.717, 1.165) is 11.8 Å².